The summed E-state index contributed by atoms with van der Waals surface area (Å²) >= 11 is 0. The van der Waals surface area contributed by atoms with Crippen LogP contribution in [0.2, 0.25) is 0 Å². The van der Waals surface area contributed by atoms with Crippen LogP contribution in [0.4, 0.5) is 17.3 Å². The molecule has 2 N–H and O–H groups in total. The molecule has 3 aromatic rings. The first kappa shape index (κ1) is 38.3. The van der Waals surface area contributed by atoms with Crippen molar-refractivity contribution < 1.29 is 19.2 Å². The number of rotatable bonds is 12. The first-order valence-electron chi connectivity index (χ1n) is 20.5. The Hall–Kier alpha value is -3.94. The molecule has 0 saturated carbocycles. The van der Waals surface area contributed by atoms with Crippen molar-refractivity contribution in [2.75, 3.05) is 101 Å². The second-order valence-corrected chi connectivity index (χ2v) is 16.0. The van der Waals surface area contributed by atoms with E-state index >= 15 is 0 Å². The zero-order chi connectivity index (χ0) is 37.6. The molecular formula is C41H61N9O4. The molecule has 4 aliphatic rings. The van der Waals surface area contributed by atoms with Crippen molar-refractivity contribution >= 4 is 23.3 Å². The van der Waals surface area contributed by atoms with Crippen molar-refractivity contribution in [2.45, 2.75) is 77.3 Å². The number of hydrogen-bond donors (Lipinski definition) is 2. The predicted molar refractivity (Wildman–Crippen MR) is 212 cm³/mol. The Labute approximate surface area is 321 Å². The van der Waals surface area contributed by atoms with Crippen molar-refractivity contribution in [1.29, 1.82) is 0 Å². The molecular weight excluding hydrogens is 683 g/mol. The number of ether oxygens (including phenoxy) is 1. The maximum Gasteiger partial charge on any atom is 0.317 e. The molecule has 0 aliphatic carbocycles. The van der Waals surface area contributed by atoms with Gasteiger partial charge >= 0.3 is 5.97 Å². The lowest BCUT2D eigenvalue weighted by Gasteiger charge is -2.46. The van der Waals surface area contributed by atoms with E-state index < -0.39 is 5.92 Å². The first-order chi connectivity index (χ1) is 26.3. The van der Waals surface area contributed by atoms with Crippen molar-refractivity contribution in [1.82, 2.24) is 30.1 Å². The summed E-state index contributed by atoms with van der Waals surface area (Å²) in [6.07, 6.45) is 7.37. The number of piperazine rings is 1. The van der Waals surface area contributed by atoms with Gasteiger partial charge in [-0.25, -0.2) is 0 Å². The average molecular weight is 744 g/mol. The van der Waals surface area contributed by atoms with Gasteiger partial charge in [-0.2, -0.15) is 0 Å². The van der Waals surface area contributed by atoms with Gasteiger partial charge in [0.1, 0.15) is 11.7 Å². The van der Waals surface area contributed by atoms with Crippen LogP contribution < -0.4 is 15.1 Å². The van der Waals surface area contributed by atoms with Crippen molar-refractivity contribution in [3.05, 3.63) is 42.2 Å². The number of esters is 1. The van der Waals surface area contributed by atoms with Crippen molar-refractivity contribution in [3.8, 4) is 17.0 Å². The minimum atomic E-state index is -0.420. The summed E-state index contributed by atoms with van der Waals surface area (Å²) in [5.74, 6) is 2.58. The Balaban J connectivity index is 0.815. The maximum absolute atomic E-state index is 12.5. The highest BCUT2D eigenvalue weighted by Gasteiger charge is 2.34. The Kier molecular flexibility index (Phi) is 12.6. The SMILES string of the molecule is CCOC(=O)C(c1cc(N2CCC(CN3CCC(N4CCC(N5CCN(c6cc(-c7ccccc7O)nnc6NC)CC5)CC4)CC3)CC2)no1)C(C)C. The van der Waals surface area contributed by atoms with Crippen LogP contribution in [0.25, 0.3) is 11.3 Å². The van der Waals surface area contributed by atoms with Gasteiger partial charge in [-0.15, -0.1) is 10.2 Å². The molecule has 1 unspecified atom stereocenters. The van der Waals surface area contributed by atoms with E-state index in [-0.39, 0.29) is 17.6 Å². The first-order valence-corrected chi connectivity index (χ1v) is 20.5. The zero-order valence-electron chi connectivity index (χ0n) is 32.8. The van der Waals surface area contributed by atoms with Gasteiger partial charge in [-0.3, -0.25) is 9.69 Å². The number of benzene rings is 1. The molecule has 13 heteroatoms. The summed E-state index contributed by atoms with van der Waals surface area (Å²) in [4.78, 5) is 25.5. The van der Waals surface area contributed by atoms with E-state index in [0.29, 0.717) is 41.6 Å². The number of anilines is 3. The number of aromatic hydroxyl groups is 1. The fraction of sp³-hybridized carbons (Fsp3) is 0.659. The Morgan fingerprint density at radius 1 is 0.870 bits per heavy atom. The van der Waals surface area contributed by atoms with Crippen LogP contribution in [0.3, 0.4) is 0 Å². The fourth-order valence-electron chi connectivity index (χ4n) is 9.27. The minimum Gasteiger partial charge on any atom is -0.507 e. The average Bonchev–Trinajstić information content (AvgIpc) is 3.68. The molecule has 4 aliphatic heterocycles. The molecule has 294 valence electrons. The summed E-state index contributed by atoms with van der Waals surface area (Å²) in [5, 5.41) is 26.8. The lowest BCUT2D eigenvalue weighted by Crippen LogP contribution is -2.55. The smallest absolute Gasteiger partial charge is 0.317 e. The molecule has 6 heterocycles. The molecule has 7 rings (SSSR count). The predicted octanol–water partition coefficient (Wildman–Crippen LogP) is 5.15. The molecule has 0 spiro atoms. The third kappa shape index (κ3) is 8.79. The van der Waals surface area contributed by atoms with E-state index in [9.17, 15) is 9.90 Å². The number of phenols is 1. The molecule has 2 aromatic heterocycles. The molecule has 4 saturated heterocycles. The van der Waals surface area contributed by atoms with Crippen molar-refractivity contribution in [3.63, 3.8) is 0 Å². The van der Waals surface area contributed by atoms with Gasteiger partial charge in [0.15, 0.2) is 17.4 Å². The standard InChI is InChI=1S/C41H61N9O4/c1-5-53-41(52)39(29(2)3)37-27-38(45-54-37)50-18-10-30(11-19-50)28-46-16-12-31(13-17-46)47-20-14-32(15-21-47)48-22-24-49(25-23-48)35-26-34(43-44-40(35)42-4)33-8-6-7-9-36(33)51/h6-9,26-27,29-32,39,51H,5,10-25,28H2,1-4H3,(H,42,44). The summed E-state index contributed by atoms with van der Waals surface area (Å²) in [5.41, 5.74) is 2.44. The molecule has 54 heavy (non-hydrogen) atoms. The number of phenolic OH excluding ortho intramolecular Hbond substituents is 1. The quantitative estimate of drug-likeness (QED) is 0.238. The largest absolute Gasteiger partial charge is 0.507 e. The zero-order valence-corrected chi connectivity index (χ0v) is 32.8. The van der Waals surface area contributed by atoms with E-state index in [1.165, 1.54) is 58.4 Å². The minimum absolute atomic E-state index is 0.0807. The fourth-order valence-corrected chi connectivity index (χ4v) is 9.27. The number of likely N-dealkylation sites (tertiary alicyclic amines) is 2. The summed E-state index contributed by atoms with van der Waals surface area (Å²) in [6, 6.07) is 12.7. The van der Waals surface area contributed by atoms with Crippen LogP contribution >= 0.6 is 0 Å². The molecule has 0 amide bonds. The number of para-hydroxylation sites is 1. The highest BCUT2D eigenvalue weighted by atomic mass is 16.5. The topological polar surface area (TPSA) is 127 Å². The van der Waals surface area contributed by atoms with Crippen LogP contribution in [0.5, 0.6) is 5.75 Å². The molecule has 4 fully saturated rings. The van der Waals surface area contributed by atoms with Crippen LogP contribution in [0.1, 0.15) is 71.0 Å². The van der Waals surface area contributed by atoms with E-state index in [1.807, 2.05) is 52.1 Å². The highest BCUT2D eigenvalue weighted by molar-refractivity contribution is 5.78. The number of carbonyl (C=O) groups excluding carboxylic acids is 1. The number of aromatic nitrogens is 3. The lowest BCUT2D eigenvalue weighted by molar-refractivity contribution is -0.146. The van der Waals surface area contributed by atoms with Crippen LogP contribution in [0, 0.1) is 11.8 Å². The molecule has 1 atom stereocenters. The van der Waals surface area contributed by atoms with Gasteiger partial charge in [0, 0.05) is 76.6 Å². The second-order valence-electron chi connectivity index (χ2n) is 16.0. The van der Waals surface area contributed by atoms with E-state index in [2.05, 4.69) is 51.2 Å². The number of nitrogens with zero attached hydrogens (tertiary/aromatic N) is 8. The maximum atomic E-state index is 12.5. The van der Waals surface area contributed by atoms with Gasteiger partial charge in [-0.1, -0.05) is 31.1 Å². The van der Waals surface area contributed by atoms with Gasteiger partial charge < -0.3 is 39.3 Å². The monoisotopic (exact) mass is 743 g/mol. The number of nitrogens with one attached hydrogen (secondary N) is 1. The summed E-state index contributed by atoms with van der Waals surface area (Å²) in [7, 11) is 1.89. The number of piperidine rings is 3. The Bertz CT molecular complexity index is 1650. The van der Waals surface area contributed by atoms with Gasteiger partial charge in [0.05, 0.1) is 18.0 Å². The van der Waals surface area contributed by atoms with Gasteiger partial charge in [0.2, 0.25) is 0 Å². The van der Waals surface area contributed by atoms with E-state index in [4.69, 9.17) is 9.26 Å². The number of hydrogen-bond acceptors (Lipinski definition) is 13. The summed E-state index contributed by atoms with van der Waals surface area (Å²) in [6.45, 7) is 18.2. The van der Waals surface area contributed by atoms with Gasteiger partial charge in [0.25, 0.3) is 0 Å². The van der Waals surface area contributed by atoms with Crippen LogP contribution in [-0.4, -0.2) is 139 Å². The molecule has 13 nitrogen and oxygen atoms in total. The number of carbonyl (C=O) groups is 1. The second kappa shape index (κ2) is 17.7. The third-order valence-corrected chi connectivity index (χ3v) is 12.4. The molecule has 1 aromatic carbocycles. The summed E-state index contributed by atoms with van der Waals surface area (Å²) < 4.78 is 11.0. The van der Waals surface area contributed by atoms with Crippen molar-refractivity contribution in [2.24, 2.45) is 11.8 Å². The Morgan fingerprint density at radius 2 is 1.54 bits per heavy atom. The van der Waals surface area contributed by atoms with E-state index in [0.717, 1.165) is 69.4 Å². The third-order valence-electron chi connectivity index (χ3n) is 12.4. The Morgan fingerprint density at radius 3 is 2.19 bits per heavy atom. The molecule has 0 bridgehead atoms. The van der Waals surface area contributed by atoms with Gasteiger partial charge in [-0.05, 0) is 102 Å². The highest BCUT2D eigenvalue weighted by Crippen LogP contribution is 2.34. The lowest BCUT2D eigenvalue weighted by atomic mass is 9.92. The normalized spacial score (nSPS) is 21.1. The van der Waals surface area contributed by atoms with E-state index in [1.54, 1.807) is 6.07 Å². The van der Waals surface area contributed by atoms with Crippen LogP contribution in [0.15, 0.2) is 40.9 Å². The molecule has 0 radical (unpaired) electrons. The van der Waals surface area contributed by atoms with Crippen LogP contribution in [-0.2, 0) is 9.53 Å².